The molecule has 2 aromatic rings. The Morgan fingerprint density at radius 1 is 1.19 bits per heavy atom. The van der Waals surface area contributed by atoms with Crippen molar-refractivity contribution >= 4 is 17.5 Å². The standard InChI is InChI=1S/C24H23ClF3N3O5/c25-10-1-2-17-13(5-10)16(32)7-18(34-17)20(33)29-23-8-14-12(6-15(23)19(14)23)22-31-30-21(35-22)9-3-11(4-9)36-24(26,27)28/h1-2,5,9,11-12,14-16,18-19,32H,3-4,6-8H2,(H,29,33)/t9?,11?,12-,14+,15-,16-,18-,19?,23+/m1/s1. The van der Waals surface area contributed by atoms with Crippen LogP contribution in [-0.4, -0.2) is 45.3 Å². The largest absolute Gasteiger partial charge is 0.522 e. The molecule has 8 nitrogen and oxygen atoms in total. The van der Waals surface area contributed by atoms with E-state index in [0.29, 0.717) is 45.9 Å². The van der Waals surface area contributed by atoms with Crippen molar-refractivity contribution in [2.24, 2.45) is 17.8 Å². The van der Waals surface area contributed by atoms with Gasteiger partial charge < -0.3 is 19.6 Å². The van der Waals surface area contributed by atoms with Crippen LogP contribution >= 0.6 is 11.6 Å². The lowest BCUT2D eigenvalue weighted by Gasteiger charge is -2.41. The van der Waals surface area contributed by atoms with Crippen LogP contribution < -0.4 is 10.1 Å². The summed E-state index contributed by atoms with van der Waals surface area (Å²) >= 11 is 6.00. The number of fused-ring (bicyclic) bond motifs is 2. The minimum absolute atomic E-state index is 0.103. The molecule has 1 aliphatic heterocycles. The molecule has 4 aliphatic carbocycles. The molecule has 1 amide bonds. The Kier molecular flexibility index (Phi) is 4.80. The number of aromatic nitrogens is 2. The van der Waals surface area contributed by atoms with E-state index >= 15 is 0 Å². The Bertz CT molecular complexity index is 1230. The van der Waals surface area contributed by atoms with Gasteiger partial charge in [0.2, 0.25) is 11.8 Å². The number of nitrogens with zero attached hydrogens (tertiary/aromatic N) is 2. The zero-order chi connectivity index (χ0) is 25.0. The number of alkyl halides is 3. The summed E-state index contributed by atoms with van der Waals surface area (Å²) in [5.41, 5.74) is 0.356. The molecule has 36 heavy (non-hydrogen) atoms. The quantitative estimate of drug-likeness (QED) is 0.607. The molecule has 0 spiro atoms. The third-order valence-corrected chi connectivity index (χ3v) is 9.08. The summed E-state index contributed by atoms with van der Waals surface area (Å²) in [4.78, 5) is 13.0. The predicted molar refractivity (Wildman–Crippen MR) is 116 cm³/mol. The van der Waals surface area contributed by atoms with Crippen molar-refractivity contribution < 1.29 is 37.0 Å². The molecular weight excluding hydrogens is 503 g/mol. The van der Waals surface area contributed by atoms with E-state index in [0.717, 1.165) is 12.8 Å². The smallest absolute Gasteiger partial charge is 0.480 e. The molecule has 192 valence electrons. The number of hydrogen-bond donors (Lipinski definition) is 2. The SMILES string of the molecule is O=C(N[C@]12C[C@@H]3C1[C@H]2C[C@H]3c1nnc(C2CC(OC(F)(F)F)C2)o1)[C@H]1C[C@@H](O)c2cc(Cl)ccc2O1. The van der Waals surface area contributed by atoms with Crippen LogP contribution in [0.25, 0.3) is 0 Å². The number of aliphatic hydroxyl groups is 1. The van der Waals surface area contributed by atoms with Gasteiger partial charge in [0.15, 0.2) is 6.10 Å². The van der Waals surface area contributed by atoms with Crippen LogP contribution in [0.3, 0.4) is 0 Å². The van der Waals surface area contributed by atoms with Crippen molar-refractivity contribution in [3.05, 3.63) is 40.6 Å². The van der Waals surface area contributed by atoms with E-state index in [1.54, 1.807) is 18.2 Å². The fourth-order valence-corrected chi connectivity index (χ4v) is 7.27. The highest BCUT2D eigenvalue weighted by atomic mass is 35.5. The molecule has 0 bridgehead atoms. The Morgan fingerprint density at radius 2 is 1.97 bits per heavy atom. The molecule has 1 aromatic carbocycles. The van der Waals surface area contributed by atoms with Gasteiger partial charge in [0.05, 0.1) is 12.2 Å². The topological polar surface area (TPSA) is 107 Å². The predicted octanol–water partition coefficient (Wildman–Crippen LogP) is 4.00. The second kappa shape index (κ2) is 7.58. The maximum absolute atomic E-state index is 13.0. The first-order valence-corrected chi connectivity index (χ1v) is 12.5. The van der Waals surface area contributed by atoms with E-state index in [2.05, 4.69) is 20.3 Å². The molecule has 5 aliphatic rings. The van der Waals surface area contributed by atoms with Crippen LogP contribution in [0.2, 0.25) is 5.02 Å². The van der Waals surface area contributed by atoms with Crippen LogP contribution in [-0.2, 0) is 9.53 Å². The number of amides is 1. The van der Waals surface area contributed by atoms with Gasteiger partial charge in [-0.3, -0.25) is 9.53 Å². The maximum atomic E-state index is 13.0. The van der Waals surface area contributed by atoms with Gasteiger partial charge in [-0.15, -0.1) is 23.4 Å². The Labute approximate surface area is 208 Å². The molecule has 4 fully saturated rings. The van der Waals surface area contributed by atoms with Gasteiger partial charge in [-0.1, -0.05) is 11.6 Å². The van der Waals surface area contributed by atoms with E-state index < -0.39 is 24.7 Å². The number of carbonyl (C=O) groups excluding carboxylic acids is 1. The first-order chi connectivity index (χ1) is 17.1. The zero-order valence-corrected chi connectivity index (χ0v) is 19.6. The molecule has 7 rings (SSSR count). The molecule has 2 heterocycles. The molecule has 7 atom stereocenters. The molecule has 12 heteroatoms. The normalized spacial score (nSPS) is 39.8. The van der Waals surface area contributed by atoms with Gasteiger partial charge in [0.25, 0.3) is 5.91 Å². The Balaban J connectivity index is 0.947. The average Bonchev–Trinajstić information content (AvgIpc) is 3.14. The summed E-state index contributed by atoms with van der Waals surface area (Å²) < 4.78 is 52.8. The highest BCUT2D eigenvalue weighted by molar-refractivity contribution is 6.30. The Hall–Kier alpha value is -2.37. The summed E-state index contributed by atoms with van der Waals surface area (Å²) in [6.45, 7) is 0. The third kappa shape index (κ3) is 3.46. The summed E-state index contributed by atoms with van der Waals surface area (Å²) in [6, 6.07) is 4.98. The lowest BCUT2D eigenvalue weighted by molar-refractivity contribution is -0.352. The number of rotatable bonds is 5. The van der Waals surface area contributed by atoms with Gasteiger partial charge in [-0.2, -0.15) is 0 Å². The number of nitrogens with one attached hydrogen (secondary N) is 1. The molecule has 1 aromatic heterocycles. The number of benzene rings is 1. The first-order valence-electron chi connectivity index (χ1n) is 12.2. The van der Waals surface area contributed by atoms with Crippen LogP contribution in [0.5, 0.6) is 5.75 Å². The van der Waals surface area contributed by atoms with Crippen LogP contribution in [0.4, 0.5) is 13.2 Å². The average molecular weight is 526 g/mol. The lowest BCUT2D eigenvalue weighted by Crippen LogP contribution is -2.55. The number of halogens is 4. The molecule has 2 N–H and O–H groups in total. The highest BCUT2D eigenvalue weighted by Gasteiger charge is 2.81. The maximum Gasteiger partial charge on any atom is 0.522 e. The van der Waals surface area contributed by atoms with E-state index in [1.807, 2.05) is 0 Å². The number of ether oxygens (including phenoxy) is 2. The molecular formula is C24H23ClF3N3O5. The summed E-state index contributed by atoms with van der Waals surface area (Å²) in [5, 5.41) is 22.5. The lowest BCUT2D eigenvalue weighted by atomic mass is 9.70. The summed E-state index contributed by atoms with van der Waals surface area (Å²) in [6.07, 6.45) is -4.87. The number of carbonyl (C=O) groups is 1. The van der Waals surface area contributed by atoms with Crippen LogP contribution in [0.1, 0.15) is 67.4 Å². The minimum atomic E-state index is -4.63. The van der Waals surface area contributed by atoms with Crippen molar-refractivity contribution in [3.63, 3.8) is 0 Å². The second-order valence-corrected chi connectivity index (χ2v) is 11.2. The third-order valence-electron chi connectivity index (χ3n) is 8.84. The van der Waals surface area contributed by atoms with Gasteiger partial charge in [0, 0.05) is 34.4 Å². The van der Waals surface area contributed by atoms with Crippen molar-refractivity contribution in [1.29, 1.82) is 0 Å². The van der Waals surface area contributed by atoms with E-state index in [1.165, 1.54) is 0 Å². The van der Waals surface area contributed by atoms with E-state index in [-0.39, 0.29) is 42.5 Å². The van der Waals surface area contributed by atoms with Gasteiger partial charge in [-0.25, -0.2) is 0 Å². The molecule has 0 radical (unpaired) electrons. The molecule has 0 saturated heterocycles. The zero-order valence-electron chi connectivity index (χ0n) is 18.9. The van der Waals surface area contributed by atoms with Crippen molar-refractivity contribution in [2.75, 3.05) is 0 Å². The van der Waals surface area contributed by atoms with Crippen LogP contribution in [0.15, 0.2) is 22.6 Å². The van der Waals surface area contributed by atoms with Crippen molar-refractivity contribution in [3.8, 4) is 5.75 Å². The van der Waals surface area contributed by atoms with Gasteiger partial charge in [-0.05, 0) is 61.6 Å². The van der Waals surface area contributed by atoms with E-state index in [4.69, 9.17) is 20.8 Å². The highest BCUT2D eigenvalue weighted by Crippen LogP contribution is 2.79. The van der Waals surface area contributed by atoms with Gasteiger partial charge in [0.1, 0.15) is 5.75 Å². The summed E-state index contributed by atoms with van der Waals surface area (Å²) in [5.74, 6) is 2.04. The Morgan fingerprint density at radius 3 is 2.67 bits per heavy atom. The summed E-state index contributed by atoms with van der Waals surface area (Å²) in [7, 11) is 0. The van der Waals surface area contributed by atoms with Gasteiger partial charge >= 0.3 is 6.36 Å². The first kappa shape index (κ1) is 22.8. The number of aliphatic hydroxyl groups excluding tert-OH is 1. The molecule has 1 unspecified atom stereocenters. The van der Waals surface area contributed by atoms with Crippen molar-refractivity contribution in [1.82, 2.24) is 15.5 Å². The molecule has 4 saturated carbocycles. The fourth-order valence-electron chi connectivity index (χ4n) is 7.09. The van der Waals surface area contributed by atoms with Crippen molar-refractivity contribution in [2.45, 2.75) is 74.2 Å². The minimum Gasteiger partial charge on any atom is -0.480 e. The van der Waals surface area contributed by atoms with Crippen LogP contribution in [0, 0.1) is 17.8 Å². The second-order valence-electron chi connectivity index (χ2n) is 10.7. The van der Waals surface area contributed by atoms with E-state index in [9.17, 15) is 23.1 Å². The monoisotopic (exact) mass is 525 g/mol. The fraction of sp³-hybridized carbons (Fsp3) is 0.625. The number of hydrogen-bond acceptors (Lipinski definition) is 7.